The second kappa shape index (κ2) is 6.12. The highest BCUT2D eigenvalue weighted by atomic mass is 16.5. The van der Waals surface area contributed by atoms with Crippen molar-refractivity contribution in [2.75, 3.05) is 0 Å². The molecule has 5 nitrogen and oxygen atoms in total. The van der Waals surface area contributed by atoms with E-state index in [-0.39, 0.29) is 13.2 Å². The van der Waals surface area contributed by atoms with Crippen LogP contribution in [0.15, 0.2) is 51.7 Å². The number of benzene rings is 2. The van der Waals surface area contributed by atoms with E-state index in [4.69, 9.17) is 9.15 Å². The summed E-state index contributed by atoms with van der Waals surface area (Å²) in [6, 6.07) is 13.0. The Hall–Kier alpha value is -2.82. The maximum atomic E-state index is 12.0. The molecule has 5 heteroatoms. The fraction of sp³-hybridized carbons (Fsp3) is 0.222. The molecule has 0 spiro atoms. The molecule has 2 aromatic carbocycles. The van der Waals surface area contributed by atoms with Crippen LogP contribution in [0.1, 0.15) is 16.7 Å². The Morgan fingerprint density at radius 2 is 1.83 bits per heavy atom. The van der Waals surface area contributed by atoms with Gasteiger partial charge >= 0.3 is 11.7 Å². The van der Waals surface area contributed by atoms with E-state index in [0.29, 0.717) is 11.1 Å². The Morgan fingerprint density at radius 1 is 1.13 bits per heavy atom. The number of fused-ring (bicyclic) bond motifs is 1. The van der Waals surface area contributed by atoms with Crippen LogP contribution in [0.25, 0.3) is 11.1 Å². The highest BCUT2D eigenvalue weighted by Crippen LogP contribution is 2.13. The molecule has 0 aliphatic heterocycles. The van der Waals surface area contributed by atoms with Crippen molar-refractivity contribution in [3.8, 4) is 0 Å². The Morgan fingerprint density at radius 3 is 2.57 bits per heavy atom. The van der Waals surface area contributed by atoms with Gasteiger partial charge in [-0.15, -0.1) is 0 Å². The van der Waals surface area contributed by atoms with Gasteiger partial charge in [-0.3, -0.25) is 9.36 Å². The Bertz CT molecular complexity index is 900. The first-order valence-electron chi connectivity index (χ1n) is 7.34. The summed E-state index contributed by atoms with van der Waals surface area (Å²) in [6.45, 7) is 4.01. The highest BCUT2D eigenvalue weighted by molar-refractivity contribution is 5.76. The SMILES string of the molecule is Cc1cc(C)cc(COC(=O)Cn2c(=O)oc3ccccc32)c1. The number of para-hydroxylation sites is 2. The van der Waals surface area contributed by atoms with Crippen molar-refractivity contribution in [2.45, 2.75) is 27.0 Å². The van der Waals surface area contributed by atoms with Gasteiger partial charge in [0.25, 0.3) is 0 Å². The molecular weight excluding hydrogens is 294 g/mol. The normalized spacial score (nSPS) is 10.9. The van der Waals surface area contributed by atoms with Crippen LogP contribution in [0.4, 0.5) is 0 Å². The topological polar surface area (TPSA) is 61.4 Å². The quantitative estimate of drug-likeness (QED) is 0.695. The number of carbonyl (C=O) groups is 1. The van der Waals surface area contributed by atoms with Crippen molar-refractivity contribution in [1.82, 2.24) is 4.57 Å². The number of rotatable bonds is 4. The van der Waals surface area contributed by atoms with Gasteiger partial charge in [0.05, 0.1) is 5.52 Å². The number of ether oxygens (including phenoxy) is 1. The number of carbonyl (C=O) groups excluding carboxylic acids is 1. The molecule has 0 aliphatic rings. The van der Waals surface area contributed by atoms with Crippen LogP contribution < -0.4 is 5.76 Å². The smallest absolute Gasteiger partial charge is 0.420 e. The van der Waals surface area contributed by atoms with Crippen LogP contribution in [0.5, 0.6) is 0 Å². The van der Waals surface area contributed by atoms with Gasteiger partial charge in [0.2, 0.25) is 0 Å². The molecule has 0 aliphatic carbocycles. The molecule has 0 N–H and O–H groups in total. The van der Waals surface area contributed by atoms with Gasteiger partial charge in [-0.05, 0) is 31.5 Å². The van der Waals surface area contributed by atoms with E-state index in [9.17, 15) is 9.59 Å². The molecule has 0 atom stereocenters. The first kappa shape index (κ1) is 15.1. The van der Waals surface area contributed by atoms with Crippen LogP contribution in [0.2, 0.25) is 0 Å². The summed E-state index contributed by atoms with van der Waals surface area (Å²) in [5, 5.41) is 0. The average molecular weight is 311 g/mol. The minimum atomic E-state index is -0.561. The summed E-state index contributed by atoms with van der Waals surface area (Å²) in [4.78, 5) is 23.9. The van der Waals surface area contributed by atoms with Gasteiger partial charge < -0.3 is 9.15 Å². The lowest BCUT2D eigenvalue weighted by molar-refractivity contribution is -0.145. The fourth-order valence-electron chi connectivity index (χ4n) is 2.65. The van der Waals surface area contributed by atoms with Crippen LogP contribution >= 0.6 is 0 Å². The second-order valence-corrected chi connectivity index (χ2v) is 5.58. The first-order chi connectivity index (χ1) is 11.0. The van der Waals surface area contributed by atoms with Crippen molar-refractivity contribution in [3.63, 3.8) is 0 Å². The van der Waals surface area contributed by atoms with Crippen LogP contribution in [0, 0.1) is 13.8 Å². The fourth-order valence-corrected chi connectivity index (χ4v) is 2.65. The zero-order valence-electron chi connectivity index (χ0n) is 13.0. The summed E-state index contributed by atoms with van der Waals surface area (Å²) >= 11 is 0. The van der Waals surface area contributed by atoms with E-state index in [1.807, 2.05) is 26.0 Å². The monoisotopic (exact) mass is 311 g/mol. The number of oxazole rings is 1. The summed E-state index contributed by atoms with van der Waals surface area (Å²) in [5.74, 6) is -1.03. The van der Waals surface area contributed by atoms with Gasteiger partial charge in [0, 0.05) is 0 Å². The van der Waals surface area contributed by atoms with Gasteiger partial charge in [-0.2, -0.15) is 0 Å². The zero-order chi connectivity index (χ0) is 16.4. The zero-order valence-corrected chi connectivity index (χ0v) is 13.0. The van der Waals surface area contributed by atoms with Crippen molar-refractivity contribution in [1.29, 1.82) is 0 Å². The average Bonchev–Trinajstić information content (AvgIpc) is 2.80. The molecule has 0 amide bonds. The summed E-state index contributed by atoms with van der Waals surface area (Å²) < 4.78 is 11.6. The Labute approximate surface area is 133 Å². The lowest BCUT2D eigenvalue weighted by Gasteiger charge is -2.07. The van der Waals surface area contributed by atoms with Gasteiger partial charge in [-0.1, -0.05) is 41.5 Å². The number of aryl methyl sites for hydroxylation is 2. The molecule has 3 aromatic rings. The van der Waals surface area contributed by atoms with E-state index >= 15 is 0 Å². The molecule has 23 heavy (non-hydrogen) atoms. The molecule has 1 aromatic heterocycles. The molecule has 0 unspecified atom stereocenters. The third-order valence-corrected chi connectivity index (χ3v) is 3.54. The predicted molar refractivity (Wildman–Crippen MR) is 86.2 cm³/mol. The lowest BCUT2D eigenvalue weighted by atomic mass is 10.1. The van der Waals surface area contributed by atoms with E-state index in [1.165, 1.54) is 4.57 Å². The Kier molecular flexibility index (Phi) is 4.02. The minimum Gasteiger partial charge on any atom is -0.459 e. The van der Waals surface area contributed by atoms with Crippen molar-refractivity contribution in [2.24, 2.45) is 0 Å². The number of hydrogen-bond acceptors (Lipinski definition) is 4. The lowest BCUT2D eigenvalue weighted by Crippen LogP contribution is -2.21. The predicted octanol–water partition coefficient (Wildman–Crippen LogP) is 2.95. The van der Waals surface area contributed by atoms with Crippen LogP contribution in [-0.4, -0.2) is 10.5 Å². The maximum Gasteiger partial charge on any atom is 0.420 e. The number of aromatic nitrogens is 1. The van der Waals surface area contributed by atoms with E-state index in [1.54, 1.807) is 24.3 Å². The van der Waals surface area contributed by atoms with Crippen LogP contribution in [0.3, 0.4) is 0 Å². The molecule has 3 rings (SSSR count). The highest BCUT2D eigenvalue weighted by Gasteiger charge is 2.13. The molecule has 0 saturated heterocycles. The van der Waals surface area contributed by atoms with E-state index < -0.39 is 11.7 Å². The molecule has 118 valence electrons. The minimum absolute atomic E-state index is 0.166. The van der Waals surface area contributed by atoms with Gasteiger partial charge in [0.15, 0.2) is 5.58 Å². The maximum absolute atomic E-state index is 12.0. The summed E-state index contributed by atoms with van der Waals surface area (Å²) in [7, 11) is 0. The summed E-state index contributed by atoms with van der Waals surface area (Å²) in [5.41, 5.74) is 4.21. The standard InChI is InChI=1S/C18H17NO4/c1-12-7-13(2)9-14(8-12)11-22-17(20)10-19-15-5-3-4-6-16(15)23-18(19)21/h3-9H,10-11H2,1-2H3. The summed E-state index contributed by atoms with van der Waals surface area (Å²) in [6.07, 6.45) is 0. The van der Waals surface area contributed by atoms with E-state index in [0.717, 1.165) is 16.7 Å². The molecular formula is C18H17NO4. The largest absolute Gasteiger partial charge is 0.459 e. The van der Waals surface area contributed by atoms with E-state index in [2.05, 4.69) is 6.07 Å². The Balaban J connectivity index is 1.71. The number of esters is 1. The third kappa shape index (κ3) is 3.34. The molecule has 0 saturated carbocycles. The molecule has 0 radical (unpaired) electrons. The molecule has 0 bridgehead atoms. The second-order valence-electron chi connectivity index (χ2n) is 5.58. The molecule has 0 fully saturated rings. The van der Waals surface area contributed by atoms with Crippen molar-refractivity contribution in [3.05, 3.63) is 69.7 Å². The van der Waals surface area contributed by atoms with Crippen molar-refractivity contribution < 1.29 is 13.9 Å². The number of hydrogen-bond donors (Lipinski definition) is 0. The van der Waals surface area contributed by atoms with Gasteiger partial charge in [-0.25, -0.2) is 4.79 Å². The first-order valence-corrected chi connectivity index (χ1v) is 7.34. The van der Waals surface area contributed by atoms with Crippen molar-refractivity contribution >= 4 is 17.1 Å². The van der Waals surface area contributed by atoms with Gasteiger partial charge in [0.1, 0.15) is 13.2 Å². The third-order valence-electron chi connectivity index (χ3n) is 3.54. The number of nitrogens with zero attached hydrogens (tertiary/aromatic N) is 1. The van der Waals surface area contributed by atoms with Crippen LogP contribution in [-0.2, 0) is 22.7 Å². The molecule has 1 heterocycles.